The van der Waals surface area contributed by atoms with Crippen molar-refractivity contribution >= 4 is 5.97 Å². The van der Waals surface area contributed by atoms with Crippen LogP contribution in [0.4, 0.5) is 0 Å². The van der Waals surface area contributed by atoms with Crippen molar-refractivity contribution in [3.8, 4) is 11.8 Å². The molecule has 0 unspecified atom stereocenters. The zero-order valence-corrected chi connectivity index (χ0v) is 9.80. The zero-order valence-electron chi connectivity index (χ0n) is 9.80. The monoisotopic (exact) mass is 253 g/mol. The van der Waals surface area contributed by atoms with Crippen molar-refractivity contribution in [2.24, 2.45) is 0 Å². The van der Waals surface area contributed by atoms with Gasteiger partial charge in [-0.25, -0.2) is 0 Å². The number of carboxylic acids is 1. The third kappa shape index (κ3) is 1.49. The molecule has 0 amide bonds. The van der Waals surface area contributed by atoms with Crippen LogP contribution in [0.25, 0.3) is 0 Å². The number of carboxylic acid groups (broad SMARTS) is 1. The standard InChI is InChI=1S/C12H15NO5/c14-8(15)2-1-5-13-11(16)9-6-3-4-7(18-6)10(9)12(13)17/h6-7,16-17H,1-5H2,(H,14,15)/t6-,7+. The first-order chi connectivity index (χ1) is 8.59. The lowest BCUT2D eigenvalue weighted by molar-refractivity contribution is -0.137. The molecule has 0 aliphatic carbocycles. The van der Waals surface area contributed by atoms with Crippen LogP contribution in [0, 0.1) is 0 Å². The van der Waals surface area contributed by atoms with E-state index in [-0.39, 0.29) is 30.4 Å². The predicted molar refractivity (Wildman–Crippen MR) is 60.4 cm³/mol. The zero-order chi connectivity index (χ0) is 12.9. The molecule has 1 fully saturated rings. The van der Waals surface area contributed by atoms with Crippen molar-refractivity contribution in [1.82, 2.24) is 4.57 Å². The van der Waals surface area contributed by atoms with E-state index >= 15 is 0 Å². The molecule has 3 rings (SSSR count). The number of nitrogens with zero attached hydrogens (tertiary/aromatic N) is 1. The molecule has 3 N–H and O–H groups in total. The van der Waals surface area contributed by atoms with Crippen molar-refractivity contribution < 1.29 is 24.9 Å². The molecule has 1 aromatic heterocycles. The summed E-state index contributed by atoms with van der Waals surface area (Å²) in [5.41, 5.74) is 1.39. The molecular weight excluding hydrogens is 238 g/mol. The van der Waals surface area contributed by atoms with Crippen molar-refractivity contribution in [3.05, 3.63) is 11.1 Å². The summed E-state index contributed by atoms with van der Waals surface area (Å²) < 4.78 is 7.00. The maximum Gasteiger partial charge on any atom is 0.303 e. The van der Waals surface area contributed by atoms with Crippen LogP contribution in [-0.2, 0) is 16.1 Å². The van der Waals surface area contributed by atoms with E-state index in [1.807, 2.05) is 0 Å². The Balaban J connectivity index is 1.86. The third-order valence-electron chi connectivity index (χ3n) is 3.72. The highest BCUT2D eigenvalue weighted by molar-refractivity contribution is 5.66. The number of aromatic nitrogens is 1. The van der Waals surface area contributed by atoms with E-state index in [9.17, 15) is 15.0 Å². The van der Waals surface area contributed by atoms with Gasteiger partial charge in [-0.15, -0.1) is 0 Å². The molecule has 0 aromatic carbocycles. The number of hydrogen-bond acceptors (Lipinski definition) is 4. The molecule has 1 saturated heterocycles. The van der Waals surface area contributed by atoms with Crippen molar-refractivity contribution in [3.63, 3.8) is 0 Å². The largest absolute Gasteiger partial charge is 0.494 e. The molecule has 0 spiro atoms. The van der Waals surface area contributed by atoms with Gasteiger partial charge in [0.05, 0.1) is 23.3 Å². The van der Waals surface area contributed by atoms with Crippen LogP contribution >= 0.6 is 0 Å². The van der Waals surface area contributed by atoms with Gasteiger partial charge in [-0.1, -0.05) is 0 Å². The Hall–Kier alpha value is -1.69. The second-order valence-electron chi connectivity index (χ2n) is 4.81. The summed E-state index contributed by atoms with van der Waals surface area (Å²) in [4.78, 5) is 10.5. The van der Waals surface area contributed by atoms with E-state index in [1.165, 1.54) is 4.57 Å². The number of hydrogen-bond donors (Lipinski definition) is 3. The molecule has 2 atom stereocenters. The van der Waals surface area contributed by atoms with Gasteiger partial charge in [0.2, 0.25) is 0 Å². The Morgan fingerprint density at radius 1 is 1.22 bits per heavy atom. The Labute approximate surface area is 103 Å². The van der Waals surface area contributed by atoms with Gasteiger partial charge in [-0.2, -0.15) is 0 Å². The highest BCUT2D eigenvalue weighted by Crippen LogP contribution is 2.57. The molecule has 0 radical (unpaired) electrons. The van der Waals surface area contributed by atoms with Crippen molar-refractivity contribution in [2.45, 2.75) is 44.4 Å². The van der Waals surface area contributed by atoms with Crippen LogP contribution in [-0.4, -0.2) is 25.9 Å². The van der Waals surface area contributed by atoms with Crippen LogP contribution in [0.15, 0.2) is 0 Å². The van der Waals surface area contributed by atoms with E-state index in [2.05, 4.69) is 0 Å². The van der Waals surface area contributed by atoms with E-state index in [0.717, 1.165) is 12.8 Å². The van der Waals surface area contributed by atoms with E-state index < -0.39 is 5.97 Å². The normalized spacial score (nSPS) is 24.4. The molecule has 0 saturated carbocycles. The van der Waals surface area contributed by atoms with Gasteiger partial charge in [0.1, 0.15) is 0 Å². The predicted octanol–water partition coefficient (Wildman–Crippen LogP) is 1.67. The molecule has 2 aliphatic rings. The van der Waals surface area contributed by atoms with Crippen LogP contribution in [0.2, 0.25) is 0 Å². The average molecular weight is 253 g/mol. The first-order valence-corrected chi connectivity index (χ1v) is 6.11. The molecule has 6 heteroatoms. The SMILES string of the molecule is O=C(O)CCCn1c(O)c2c(c1O)[C@H]1CC[C@@H]2O1. The second-order valence-corrected chi connectivity index (χ2v) is 4.81. The van der Waals surface area contributed by atoms with Gasteiger partial charge in [0.15, 0.2) is 11.8 Å². The van der Waals surface area contributed by atoms with Crippen LogP contribution < -0.4 is 0 Å². The molecule has 2 bridgehead atoms. The van der Waals surface area contributed by atoms with Gasteiger partial charge in [0.25, 0.3) is 0 Å². The third-order valence-corrected chi connectivity index (χ3v) is 3.72. The van der Waals surface area contributed by atoms with Crippen LogP contribution in [0.1, 0.15) is 49.0 Å². The molecule has 98 valence electrons. The smallest absolute Gasteiger partial charge is 0.303 e. The number of fused-ring (bicyclic) bond motifs is 5. The number of aromatic hydroxyl groups is 2. The van der Waals surface area contributed by atoms with Gasteiger partial charge < -0.3 is 20.1 Å². The Kier molecular flexibility index (Phi) is 2.48. The fraction of sp³-hybridized carbons (Fsp3) is 0.583. The minimum Gasteiger partial charge on any atom is -0.494 e. The lowest BCUT2D eigenvalue weighted by Gasteiger charge is -2.09. The van der Waals surface area contributed by atoms with Gasteiger partial charge >= 0.3 is 5.97 Å². The Morgan fingerprint density at radius 3 is 2.28 bits per heavy atom. The van der Waals surface area contributed by atoms with Crippen molar-refractivity contribution in [1.29, 1.82) is 0 Å². The summed E-state index contributed by atoms with van der Waals surface area (Å²) in [6.07, 6.45) is 1.90. The minimum absolute atomic E-state index is 0.0189. The molecule has 3 heterocycles. The summed E-state index contributed by atoms with van der Waals surface area (Å²) in [6, 6.07) is 0. The van der Waals surface area contributed by atoms with Crippen LogP contribution in [0.3, 0.4) is 0 Å². The number of aliphatic carboxylic acids is 1. The van der Waals surface area contributed by atoms with E-state index in [1.54, 1.807) is 0 Å². The lowest BCUT2D eigenvalue weighted by atomic mass is 9.95. The quantitative estimate of drug-likeness (QED) is 0.759. The lowest BCUT2D eigenvalue weighted by Crippen LogP contribution is -2.02. The Bertz CT molecular complexity index is 474. The molecule has 18 heavy (non-hydrogen) atoms. The molecular formula is C12H15NO5. The maximum absolute atomic E-state index is 10.5. The highest BCUT2D eigenvalue weighted by Gasteiger charge is 2.45. The summed E-state index contributed by atoms with van der Waals surface area (Å²) >= 11 is 0. The fourth-order valence-corrected chi connectivity index (χ4v) is 2.93. The average Bonchev–Trinajstić information content (AvgIpc) is 2.97. The molecule has 1 aromatic rings. The first-order valence-electron chi connectivity index (χ1n) is 6.11. The topological polar surface area (TPSA) is 91.9 Å². The Morgan fingerprint density at radius 2 is 1.78 bits per heavy atom. The number of ether oxygens (including phenoxy) is 1. The molecule has 2 aliphatic heterocycles. The minimum atomic E-state index is -0.878. The van der Waals surface area contributed by atoms with Gasteiger partial charge in [0, 0.05) is 13.0 Å². The summed E-state index contributed by atoms with van der Waals surface area (Å²) in [7, 11) is 0. The maximum atomic E-state index is 10.5. The number of carbonyl (C=O) groups is 1. The van der Waals surface area contributed by atoms with Gasteiger partial charge in [-0.05, 0) is 19.3 Å². The first kappa shape index (κ1) is 11.4. The second kappa shape index (κ2) is 3.91. The summed E-state index contributed by atoms with van der Waals surface area (Å²) in [5, 5.41) is 28.8. The highest BCUT2D eigenvalue weighted by atomic mass is 16.5. The summed E-state index contributed by atoms with van der Waals surface area (Å²) in [6.45, 7) is 0.302. The van der Waals surface area contributed by atoms with Crippen LogP contribution in [0.5, 0.6) is 11.8 Å². The van der Waals surface area contributed by atoms with E-state index in [0.29, 0.717) is 24.1 Å². The fourth-order valence-electron chi connectivity index (χ4n) is 2.93. The van der Waals surface area contributed by atoms with E-state index in [4.69, 9.17) is 9.84 Å². The van der Waals surface area contributed by atoms with Crippen molar-refractivity contribution in [2.75, 3.05) is 0 Å². The molecule has 6 nitrogen and oxygen atoms in total. The summed E-state index contributed by atoms with van der Waals surface area (Å²) in [5.74, 6) is -0.822. The van der Waals surface area contributed by atoms with Gasteiger partial charge in [-0.3, -0.25) is 9.36 Å². The number of rotatable bonds is 4.